The van der Waals surface area contributed by atoms with Crippen LogP contribution in [-0.2, 0) is 11.2 Å². The van der Waals surface area contributed by atoms with Crippen LogP contribution in [-0.4, -0.2) is 20.6 Å². The Labute approximate surface area is 122 Å². The Morgan fingerprint density at radius 1 is 1.24 bits per heavy atom. The van der Waals surface area contributed by atoms with Crippen molar-refractivity contribution < 1.29 is 9.90 Å². The van der Waals surface area contributed by atoms with Crippen LogP contribution >= 0.6 is 0 Å². The molecule has 0 bridgehead atoms. The number of aromatic nitrogens is 2. The number of hydrogen-bond donors (Lipinski definition) is 1. The molecule has 106 valence electrons. The zero-order chi connectivity index (χ0) is 14.8. The lowest BCUT2D eigenvalue weighted by Gasteiger charge is -2.08. The molecule has 3 rings (SSSR count). The summed E-state index contributed by atoms with van der Waals surface area (Å²) >= 11 is 0. The summed E-state index contributed by atoms with van der Waals surface area (Å²) in [7, 11) is 0. The summed E-state index contributed by atoms with van der Waals surface area (Å²) in [5, 5.41) is 10.1. The van der Waals surface area contributed by atoms with Gasteiger partial charge in [-0.1, -0.05) is 18.2 Å². The highest BCUT2D eigenvalue weighted by molar-refractivity contribution is 5.87. The number of carbonyl (C=O) groups is 1. The van der Waals surface area contributed by atoms with Gasteiger partial charge in [-0.05, 0) is 37.1 Å². The van der Waals surface area contributed by atoms with E-state index in [4.69, 9.17) is 5.11 Å². The normalized spacial score (nSPS) is 10.9. The second kappa shape index (κ2) is 5.40. The van der Waals surface area contributed by atoms with Gasteiger partial charge in [0.25, 0.3) is 0 Å². The molecule has 1 aromatic carbocycles. The van der Waals surface area contributed by atoms with Gasteiger partial charge in [0.05, 0.1) is 17.4 Å². The van der Waals surface area contributed by atoms with E-state index in [0.29, 0.717) is 6.42 Å². The van der Waals surface area contributed by atoms with Gasteiger partial charge in [-0.3, -0.25) is 9.78 Å². The van der Waals surface area contributed by atoms with Gasteiger partial charge in [0.15, 0.2) is 0 Å². The molecule has 0 spiro atoms. The molecular formula is C17H16N2O2. The Hall–Kier alpha value is -2.62. The van der Waals surface area contributed by atoms with Crippen LogP contribution in [0.1, 0.15) is 17.7 Å². The smallest absolute Gasteiger partial charge is 0.303 e. The third-order valence-corrected chi connectivity index (χ3v) is 3.74. The molecule has 2 heterocycles. The van der Waals surface area contributed by atoms with Crippen LogP contribution in [0, 0.1) is 6.92 Å². The standard InChI is InChI=1S/C17H16N2O2/c1-12-14(8-9-17(20)21)15-6-2-3-7-16(15)19(12)13-5-4-10-18-11-13/h2-7,10-11H,8-9H2,1H3,(H,20,21). The molecule has 4 nitrogen and oxygen atoms in total. The van der Waals surface area contributed by atoms with E-state index in [1.807, 2.05) is 43.5 Å². The number of fused-ring (bicyclic) bond motifs is 1. The molecule has 2 aromatic heterocycles. The Morgan fingerprint density at radius 3 is 2.76 bits per heavy atom. The second-order valence-corrected chi connectivity index (χ2v) is 5.02. The largest absolute Gasteiger partial charge is 0.481 e. The predicted molar refractivity (Wildman–Crippen MR) is 81.8 cm³/mol. The number of pyridine rings is 1. The fourth-order valence-corrected chi connectivity index (χ4v) is 2.80. The molecule has 3 aromatic rings. The highest BCUT2D eigenvalue weighted by Gasteiger charge is 2.15. The van der Waals surface area contributed by atoms with Crippen LogP contribution in [0.25, 0.3) is 16.6 Å². The Balaban J connectivity index is 2.21. The number of aryl methyl sites for hydroxylation is 1. The van der Waals surface area contributed by atoms with Gasteiger partial charge in [-0.25, -0.2) is 0 Å². The Morgan fingerprint density at radius 2 is 2.05 bits per heavy atom. The first-order valence-corrected chi connectivity index (χ1v) is 6.89. The lowest BCUT2D eigenvalue weighted by atomic mass is 10.1. The molecule has 0 atom stereocenters. The molecule has 0 unspecified atom stereocenters. The molecular weight excluding hydrogens is 264 g/mol. The summed E-state index contributed by atoms with van der Waals surface area (Å²) in [6.45, 7) is 2.03. The molecule has 0 amide bonds. The maximum absolute atomic E-state index is 10.9. The summed E-state index contributed by atoms with van der Waals surface area (Å²) in [6.07, 6.45) is 4.24. The van der Waals surface area contributed by atoms with E-state index >= 15 is 0 Å². The van der Waals surface area contributed by atoms with Crippen LogP contribution in [0.3, 0.4) is 0 Å². The number of hydrogen-bond acceptors (Lipinski definition) is 2. The van der Waals surface area contributed by atoms with Crippen molar-refractivity contribution in [2.45, 2.75) is 19.8 Å². The molecule has 0 radical (unpaired) electrons. The van der Waals surface area contributed by atoms with Crippen LogP contribution in [0.15, 0.2) is 48.8 Å². The molecule has 1 N–H and O–H groups in total. The number of para-hydroxylation sites is 1. The van der Waals surface area contributed by atoms with Crippen molar-refractivity contribution in [3.63, 3.8) is 0 Å². The summed E-state index contributed by atoms with van der Waals surface area (Å²) in [6, 6.07) is 12.0. The van der Waals surface area contributed by atoms with Crippen molar-refractivity contribution in [1.82, 2.24) is 9.55 Å². The minimum atomic E-state index is -0.771. The van der Waals surface area contributed by atoms with Crippen LogP contribution in [0.5, 0.6) is 0 Å². The van der Waals surface area contributed by atoms with Crippen molar-refractivity contribution in [2.24, 2.45) is 0 Å². The molecule has 0 saturated carbocycles. The number of carboxylic acids is 1. The minimum absolute atomic E-state index is 0.141. The molecule has 0 aliphatic carbocycles. The third kappa shape index (κ3) is 2.40. The second-order valence-electron chi connectivity index (χ2n) is 5.02. The van der Waals surface area contributed by atoms with E-state index in [2.05, 4.69) is 15.6 Å². The summed E-state index contributed by atoms with van der Waals surface area (Å²) in [5.74, 6) is -0.771. The third-order valence-electron chi connectivity index (χ3n) is 3.74. The number of benzene rings is 1. The number of rotatable bonds is 4. The molecule has 0 aliphatic heterocycles. The summed E-state index contributed by atoms with van der Waals surface area (Å²) in [5.41, 5.74) is 4.25. The van der Waals surface area contributed by atoms with Crippen LogP contribution in [0.2, 0.25) is 0 Å². The quantitative estimate of drug-likeness (QED) is 0.797. The van der Waals surface area contributed by atoms with Gasteiger partial charge in [0.2, 0.25) is 0 Å². The molecule has 21 heavy (non-hydrogen) atoms. The van der Waals surface area contributed by atoms with E-state index in [9.17, 15) is 4.79 Å². The fourth-order valence-electron chi connectivity index (χ4n) is 2.80. The van der Waals surface area contributed by atoms with Crippen molar-refractivity contribution in [3.8, 4) is 5.69 Å². The lowest BCUT2D eigenvalue weighted by Crippen LogP contribution is -2.00. The highest BCUT2D eigenvalue weighted by atomic mass is 16.4. The van der Waals surface area contributed by atoms with E-state index in [1.54, 1.807) is 6.20 Å². The lowest BCUT2D eigenvalue weighted by molar-refractivity contribution is -0.136. The Kier molecular flexibility index (Phi) is 3.44. The topological polar surface area (TPSA) is 55.1 Å². The first-order chi connectivity index (χ1) is 10.2. The summed E-state index contributed by atoms with van der Waals surface area (Å²) in [4.78, 5) is 15.1. The molecule has 4 heteroatoms. The van der Waals surface area contributed by atoms with Gasteiger partial charge in [-0.2, -0.15) is 0 Å². The van der Waals surface area contributed by atoms with Crippen molar-refractivity contribution in [1.29, 1.82) is 0 Å². The predicted octanol–water partition coefficient (Wildman–Crippen LogP) is 3.35. The maximum atomic E-state index is 10.9. The summed E-state index contributed by atoms with van der Waals surface area (Å²) < 4.78 is 2.14. The van der Waals surface area contributed by atoms with Crippen molar-refractivity contribution in [2.75, 3.05) is 0 Å². The number of carboxylic acid groups (broad SMARTS) is 1. The van der Waals surface area contributed by atoms with Gasteiger partial charge in [0, 0.05) is 23.7 Å². The zero-order valence-electron chi connectivity index (χ0n) is 11.8. The average Bonchev–Trinajstić information content (AvgIpc) is 2.78. The van der Waals surface area contributed by atoms with Gasteiger partial charge >= 0.3 is 5.97 Å². The fraction of sp³-hybridized carbons (Fsp3) is 0.176. The number of nitrogens with zero attached hydrogens (tertiary/aromatic N) is 2. The van der Waals surface area contributed by atoms with E-state index in [-0.39, 0.29) is 6.42 Å². The number of aliphatic carboxylic acids is 1. The van der Waals surface area contributed by atoms with E-state index in [0.717, 1.165) is 27.8 Å². The maximum Gasteiger partial charge on any atom is 0.303 e. The van der Waals surface area contributed by atoms with Crippen LogP contribution in [0.4, 0.5) is 0 Å². The minimum Gasteiger partial charge on any atom is -0.481 e. The highest BCUT2D eigenvalue weighted by Crippen LogP contribution is 2.29. The SMILES string of the molecule is Cc1c(CCC(=O)O)c2ccccc2n1-c1cccnc1. The van der Waals surface area contributed by atoms with Gasteiger partial charge < -0.3 is 9.67 Å². The molecule has 0 aliphatic rings. The molecule has 0 fully saturated rings. The van der Waals surface area contributed by atoms with Crippen molar-refractivity contribution >= 4 is 16.9 Å². The molecule has 0 saturated heterocycles. The van der Waals surface area contributed by atoms with E-state index in [1.165, 1.54) is 0 Å². The average molecular weight is 280 g/mol. The van der Waals surface area contributed by atoms with Crippen molar-refractivity contribution in [3.05, 3.63) is 60.0 Å². The van der Waals surface area contributed by atoms with E-state index < -0.39 is 5.97 Å². The monoisotopic (exact) mass is 280 g/mol. The van der Waals surface area contributed by atoms with Gasteiger partial charge in [-0.15, -0.1) is 0 Å². The first-order valence-electron chi connectivity index (χ1n) is 6.89. The Bertz CT molecular complexity index is 791. The first kappa shape index (κ1) is 13.4. The van der Waals surface area contributed by atoms with Gasteiger partial charge in [0.1, 0.15) is 0 Å². The zero-order valence-corrected chi connectivity index (χ0v) is 11.8. The van der Waals surface area contributed by atoms with Crippen LogP contribution < -0.4 is 0 Å².